The predicted octanol–water partition coefficient (Wildman–Crippen LogP) is 2.25. The maximum absolute atomic E-state index is 11.9. The maximum atomic E-state index is 11.9. The number of aromatic nitrogens is 1. The van der Waals surface area contributed by atoms with E-state index in [0.717, 1.165) is 16.3 Å². The Labute approximate surface area is 120 Å². The zero-order valence-corrected chi connectivity index (χ0v) is 12.5. The first kappa shape index (κ1) is 14.2. The van der Waals surface area contributed by atoms with Crippen molar-refractivity contribution >= 4 is 28.6 Å². The van der Waals surface area contributed by atoms with Crippen molar-refractivity contribution in [2.75, 3.05) is 13.6 Å². The number of thiophene rings is 1. The van der Waals surface area contributed by atoms with Crippen molar-refractivity contribution in [3.8, 4) is 10.6 Å². The second kappa shape index (κ2) is 6.27. The van der Waals surface area contributed by atoms with Crippen LogP contribution in [0, 0.1) is 0 Å². The summed E-state index contributed by atoms with van der Waals surface area (Å²) in [5, 5.41) is 16.2. The molecule has 0 saturated heterocycles. The third kappa shape index (κ3) is 3.86. The zero-order valence-electron chi connectivity index (χ0n) is 10.9. The first-order valence-corrected chi connectivity index (χ1v) is 7.77. The lowest BCUT2D eigenvalue weighted by Crippen LogP contribution is -2.34. The first-order chi connectivity index (χ1) is 9.06. The fourth-order valence-electron chi connectivity index (χ4n) is 1.69. The number of aliphatic hydroxyl groups is 1. The van der Waals surface area contributed by atoms with Crippen molar-refractivity contribution in [2.45, 2.75) is 19.4 Å². The third-order valence-electron chi connectivity index (χ3n) is 2.62. The Morgan fingerprint density at radius 1 is 1.53 bits per heavy atom. The molecule has 0 saturated carbocycles. The van der Waals surface area contributed by atoms with Crippen LogP contribution >= 0.6 is 22.7 Å². The molecule has 0 aliphatic heterocycles. The number of nitrogens with zero attached hydrogens (tertiary/aromatic N) is 2. The van der Waals surface area contributed by atoms with Gasteiger partial charge in [0.05, 0.1) is 18.2 Å². The van der Waals surface area contributed by atoms with Gasteiger partial charge in [0.1, 0.15) is 5.01 Å². The van der Waals surface area contributed by atoms with E-state index in [0.29, 0.717) is 6.54 Å². The monoisotopic (exact) mass is 296 g/mol. The van der Waals surface area contributed by atoms with Crippen LogP contribution < -0.4 is 0 Å². The summed E-state index contributed by atoms with van der Waals surface area (Å²) in [6.07, 6.45) is -0.227. The smallest absolute Gasteiger partial charge is 0.228 e. The molecule has 2 aromatic heterocycles. The average molecular weight is 296 g/mol. The molecule has 102 valence electrons. The number of carbonyl (C=O) groups is 1. The Kier molecular flexibility index (Phi) is 4.68. The minimum atomic E-state index is -0.509. The van der Waals surface area contributed by atoms with Crippen LogP contribution in [0.3, 0.4) is 0 Å². The lowest BCUT2D eigenvalue weighted by molar-refractivity contribution is -0.130. The molecule has 0 aromatic carbocycles. The topological polar surface area (TPSA) is 53.4 Å². The Balaban J connectivity index is 1.98. The average Bonchev–Trinajstić information content (AvgIpc) is 2.96. The highest BCUT2D eigenvalue weighted by molar-refractivity contribution is 7.14. The molecular formula is C13H16N2O2S2. The van der Waals surface area contributed by atoms with Crippen molar-refractivity contribution in [1.29, 1.82) is 0 Å². The minimum absolute atomic E-state index is 0.0249. The molecule has 0 bridgehead atoms. The molecular weight excluding hydrogens is 280 g/mol. The largest absolute Gasteiger partial charge is 0.392 e. The van der Waals surface area contributed by atoms with Gasteiger partial charge in [-0.25, -0.2) is 4.98 Å². The number of thiazole rings is 1. The van der Waals surface area contributed by atoms with Gasteiger partial charge < -0.3 is 10.0 Å². The van der Waals surface area contributed by atoms with E-state index in [9.17, 15) is 9.90 Å². The second-order valence-electron chi connectivity index (χ2n) is 4.46. The van der Waals surface area contributed by atoms with Gasteiger partial charge >= 0.3 is 0 Å². The van der Waals surface area contributed by atoms with E-state index in [1.54, 1.807) is 36.6 Å². The summed E-state index contributed by atoms with van der Waals surface area (Å²) in [4.78, 5) is 17.9. The van der Waals surface area contributed by atoms with Gasteiger partial charge in [0.25, 0.3) is 0 Å². The van der Waals surface area contributed by atoms with Crippen molar-refractivity contribution in [3.63, 3.8) is 0 Å². The molecule has 0 aliphatic carbocycles. The van der Waals surface area contributed by atoms with Crippen molar-refractivity contribution in [1.82, 2.24) is 9.88 Å². The first-order valence-electron chi connectivity index (χ1n) is 5.95. The minimum Gasteiger partial charge on any atom is -0.392 e. The Bertz CT molecular complexity index is 535. The van der Waals surface area contributed by atoms with E-state index in [-0.39, 0.29) is 12.3 Å². The molecule has 2 rings (SSSR count). The van der Waals surface area contributed by atoms with Crippen LogP contribution in [0.25, 0.3) is 10.6 Å². The molecule has 2 heterocycles. The van der Waals surface area contributed by atoms with Gasteiger partial charge in [0.15, 0.2) is 0 Å². The van der Waals surface area contributed by atoms with E-state index >= 15 is 0 Å². The highest BCUT2D eigenvalue weighted by Gasteiger charge is 2.14. The number of hydrogen-bond acceptors (Lipinski definition) is 5. The van der Waals surface area contributed by atoms with Gasteiger partial charge in [-0.2, -0.15) is 11.3 Å². The van der Waals surface area contributed by atoms with Crippen molar-refractivity contribution in [3.05, 3.63) is 27.9 Å². The molecule has 4 nitrogen and oxygen atoms in total. The second-order valence-corrected chi connectivity index (χ2v) is 6.09. The summed E-state index contributed by atoms with van der Waals surface area (Å²) < 4.78 is 0. The van der Waals surface area contributed by atoms with Gasteiger partial charge in [-0.15, -0.1) is 11.3 Å². The molecule has 0 radical (unpaired) electrons. The maximum Gasteiger partial charge on any atom is 0.228 e. The van der Waals surface area contributed by atoms with Crippen molar-refractivity contribution < 1.29 is 9.90 Å². The third-order valence-corrected chi connectivity index (χ3v) is 4.24. The van der Waals surface area contributed by atoms with Crippen LogP contribution in [-0.4, -0.2) is 40.6 Å². The fraction of sp³-hybridized carbons (Fsp3) is 0.385. The standard InChI is InChI=1S/C13H16N2O2S2/c1-9(16)6-15(2)12(17)5-11-8-19-13(14-11)10-3-4-18-7-10/h3-4,7-9,16H,5-6H2,1-2H3. The summed E-state index contributed by atoms with van der Waals surface area (Å²) in [7, 11) is 1.70. The Morgan fingerprint density at radius 3 is 2.95 bits per heavy atom. The molecule has 1 atom stereocenters. The van der Waals surface area contributed by atoms with Crippen LogP contribution in [0.5, 0.6) is 0 Å². The molecule has 0 fully saturated rings. The number of aliphatic hydroxyl groups excluding tert-OH is 1. The normalized spacial score (nSPS) is 12.4. The quantitative estimate of drug-likeness (QED) is 0.920. The lowest BCUT2D eigenvalue weighted by atomic mass is 10.3. The molecule has 19 heavy (non-hydrogen) atoms. The number of hydrogen-bond donors (Lipinski definition) is 1. The summed E-state index contributed by atoms with van der Waals surface area (Å²) in [6.45, 7) is 2.02. The molecule has 2 aromatic rings. The summed E-state index contributed by atoms with van der Waals surface area (Å²) in [6, 6.07) is 2.02. The van der Waals surface area contributed by atoms with Crippen LogP contribution in [0.4, 0.5) is 0 Å². The van der Waals surface area contributed by atoms with Crippen LogP contribution in [0.1, 0.15) is 12.6 Å². The van der Waals surface area contributed by atoms with Crippen LogP contribution in [0.2, 0.25) is 0 Å². The van der Waals surface area contributed by atoms with E-state index in [4.69, 9.17) is 0 Å². The summed E-state index contributed by atoms with van der Waals surface area (Å²) >= 11 is 3.18. The van der Waals surface area contributed by atoms with Gasteiger partial charge in [0.2, 0.25) is 5.91 Å². The molecule has 0 aliphatic rings. The molecule has 1 amide bonds. The summed E-state index contributed by atoms with van der Waals surface area (Å²) in [5.74, 6) is -0.0249. The number of amides is 1. The van der Waals surface area contributed by atoms with Gasteiger partial charge in [-0.05, 0) is 18.4 Å². The molecule has 1 unspecified atom stereocenters. The SMILES string of the molecule is CC(O)CN(C)C(=O)Cc1csc(-c2ccsc2)n1. The number of rotatable bonds is 5. The van der Waals surface area contributed by atoms with E-state index in [1.807, 2.05) is 22.2 Å². The zero-order chi connectivity index (χ0) is 13.8. The lowest BCUT2D eigenvalue weighted by Gasteiger charge is -2.18. The van der Waals surface area contributed by atoms with E-state index in [1.165, 1.54) is 4.90 Å². The molecule has 1 N–H and O–H groups in total. The van der Waals surface area contributed by atoms with Gasteiger partial charge in [-0.3, -0.25) is 4.79 Å². The summed E-state index contributed by atoms with van der Waals surface area (Å²) in [5.41, 5.74) is 1.89. The predicted molar refractivity (Wildman–Crippen MR) is 78.4 cm³/mol. The number of likely N-dealkylation sites (N-methyl/N-ethyl adjacent to an activating group) is 1. The van der Waals surface area contributed by atoms with Crippen LogP contribution in [-0.2, 0) is 11.2 Å². The van der Waals surface area contributed by atoms with E-state index in [2.05, 4.69) is 4.98 Å². The molecule has 0 spiro atoms. The number of carbonyl (C=O) groups excluding carboxylic acids is 1. The molecule has 6 heteroatoms. The van der Waals surface area contributed by atoms with E-state index < -0.39 is 6.10 Å². The fourth-order valence-corrected chi connectivity index (χ4v) is 3.23. The van der Waals surface area contributed by atoms with Gasteiger partial charge in [-0.1, -0.05) is 0 Å². The highest BCUT2D eigenvalue weighted by atomic mass is 32.1. The van der Waals surface area contributed by atoms with Gasteiger partial charge in [0, 0.05) is 29.9 Å². The highest BCUT2D eigenvalue weighted by Crippen LogP contribution is 2.25. The van der Waals surface area contributed by atoms with Crippen LogP contribution in [0.15, 0.2) is 22.2 Å². The van der Waals surface area contributed by atoms with Crippen molar-refractivity contribution in [2.24, 2.45) is 0 Å². The Hall–Kier alpha value is -1.24. The Morgan fingerprint density at radius 2 is 2.32 bits per heavy atom.